The van der Waals surface area contributed by atoms with Crippen LogP contribution in [0.25, 0.3) is 0 Å². The summed E-state index contributed by atoms with van der Waals surface area (Å²) in [6.07, 6.45) is 2.28. The fourth-order valence-corrected chi connectivity index (χ4v) is 3.49. The Morgan fingerprint density at radius 3 is 3.07 bits per heavy atom. The van der Waals surface area contributed by atoms with Gasteiger partial charge in [0, 0.05) is 0 Å². The van der Waals surface area contributed by atoms with Gasteiger partial charge in [-0.15, -0.1) is 0 Å². The minimum Gasteiger partial charge on any atom is -0.444 e. The van der Waals surface area contributed by atoms with Gasteiger partial charge in [0.05, 0.1) is 30.2 Å². The second-order valence-corrected chi connectivity index (χ2v) is 6.02. The Bertz CT molecular complexity index is 438. The molecule has 0 radical (unpaired) electrons. The molecule has 1 saturated heterocycles. The van der Waals surface area contributed by atoms with E-state index < -0.39 is 9.84 Å². The first kappa shape index (κ1) is 10.6. The first-order valence-corrected chi connectivity index (χ1v) is 6.72. The Balaban J connectivity index is 2.10. The van der Waals surface area contributed by atoms with E-state index >= 15 is 0 Å². The Morgan fingerprint density at radius 1 is 1.67 bits per heavy atom. The van der Waals surface area contributed by atoms with E-state index in [4.69, 9.17) is 4.42 Å². The Labute approximate surface area is 88.8 Å². The summed E-state index contributed by atoms with van der Waals surface area (Å²) in [5.41, 5.74) is 0. The molecule has 1 N–H and O–H groups in total. The summed E-state index contributed by atoms with van der Waals surface area (Å²) in [5, 5.41) is 2.95. The molecular formula is C9H14N2O3S. The van der Waals surface area contributed by atoms with E-state index in [1.807, 2.05) is 7.05 Å². The van der Waals surface area contributed by atoms with Crippen molar-refractivity contribution >= 4 is 9.84 Å². The van der Waals surface area contributed by atoms with Crippen LogP contribution < -0.4 is 5.32 Å². The lowest BCUT2D eigenvalue weighted by atomic mass is 10.1. The van der Waals surface area contributed by atoms with Crippen molar-refractivity contribution in [1.82, 2.24) is 10.3 Å². The van der Waals surface area contributed by atoms with Crippen LogP contribution in [0.2, 0.25) is 0 Å². The van der Waals surface area contributed by atoms with Gasteiger partial charge in [-0.25, -0.2) is 13.4 Å². The van der Waals surface area contributed by atoms with Crippen molar-refractivity contribution in [3.8, 4) is 0 Å². The number of oxazole rings is 1. The molecule has 0 bridgehead atoms. The lowest BCUT2D eigenvalue weighted by Gasteiger charge is -2.00. The van der Waals surface area contributed by atoms with E-state index in [1.54, 1.807) is 6.20 Å². The Morgan fingerprint density at radius 2 is 2.47 bits per heavy atom. The monoisotopic (exact) mass is 230 g/mol. The van der Waals surface area contributed by atoms with Crippen LogP contribution >= 0.6 is 0 Å². The van der Waals surface area contributed by atoms with Crippen LogP contribution in [0.3, 0.4) is 0 Å². The lowest BCUT2D eigenvalue weighted by molar-refractivity contribution is 0.422. The van der Waals surface area contributed by atoms with Crippen molar-refractivity contribution in [2.75, 3.05) is 18.6 Å². The maximum absolute atomic E-state index is 11.3. The highest BCUT2D eigenvalue weighted by molar-refractivity contribution is 7.91. The zero-order valence-corrected chi connectivity index (χ0v) is 9.38. The fourth-order valence-electron chi connectivity index (χ4n) is 1.76. The number of aromatic nitrogens is 1. The predicted molar refractivity (Wildman–Crippen MR) is 55.3 cm³/mol. The normalized spacial score (nSPS) is 24.5. The molecule has 84 valence electrons. The van der Waals surface area contributed by atoms with Crippen molar-refractivity contribution in [3.05, 3.63) is 17.8 Å². The highest BCUT2D eigenvalue weighted by Crippen LogP contribution is 2.28. The molecule has 6 heteroatoms. The smallest absolute Gasteiger partial charge is 0.198 e. The average molecular weight is 230 g/mol. The van der Waals surface area contributed by atoms with Crippen LogP contribution in [-0.4, -0.2) is 32.0 Å². The molecular weight excluding hydrogens is 216 g/mol. The van der Waals surface area contributed by atoms with E-state index in [2.05, 4.69) is 10.3 Å². The van der Waals surface area contributed by atoms with Gasteiger partial charge in [0.25, 0.3) is 0 Å². The summed E-state index contributed by atoms with van der Waals surface area (Å²) in [4.78, 5) is 4.11. The van der Waals surface area contributed by atoms with Gasteiger partial charge in [-0.1, -0.05) is 0 Å². The number of nitrogens with zero attached hydrogens (tertiary/aromatic N) is 1. The zero-order chi connectivity index (χ0) is 10.9. The van der Waals surface area contributed by atoms with Crippen LogP contribution in [0.4, 0.5) is 0 Å². The number of hydrogen-bond acceptors (Lipinski definition) is 5. The van der Waals surface area contributed by atoms with E-state index in [1.165, 1.54) is 0 Å². The Kier molecular flexibility index (Phi) is 2.79. The van der Waals surface area contributed by atoms with E-state index in [-0.39, 0.29) is 17.4 Å². The third-order valence-corrected chi connectivity index (χ3v) is 4.27. The summed E-state index contributed by atoms with van der Waals surface area (Å²) < 4.78 is 28.0. The molecule has 15 heavy (non-hydrogen) atoms. The van der Waals surface area contributed by atoms with Gasteiger partial charge in [-0.2, -0.15) is 0 Å². The standard InChI is InChI=1S/C9H14N2O3S/c1-10-4-8-5-11-9(14-8)7-2-3-15(12,13)6-7/h5,7,10H,2-4,6H2,1H3. The van der Waals surface area contributed by atoms with Crippen LogP contribution in [0.5, 0.6) is 0 Å². The van der Waals surface area contributed by atoms with Crippen molar-refractivity contribution in [2.24, 2.45) is 0 Å². The number of rotatable bonds is 3. The average Bonchev–Trinajstić information content (AvgIpc) is 2.73. The summed E-state index contributed by atoms with van der Waals surface area (Å²) in [6.45, 7) is 0.618. The molecule has 1 fully saturated rings. The topological polar surface area (TPSA) is 72.2 Å². The molecule has 1 aromatic rings. The van der Waals surface area contributed by atoms with E-state index in [0.717, 1.165) is 5.76 Å². The number of nitrogens with one attached hydrogen (secondary N) is 1. The van der Waals surface area contributed by atoms with Crippen LogP contribution in [0.15, 0.2) is 10.6 Å². The lowest BCUT2D eigenvalue weighted by Crippen LogP contribution is -2.04. The highest BCUT2D eigenvalue weighted by atomic mass is 32.2. The molecule has 0 amide bonds. The second kappa shape index (κ2) is 3.94. The minimum atomic E-state index is -2.86. The van der Waals surface area contributed by atoms with E-state index in [0.29, 0.717) is 18.9 Å². The Hall–Kier alpha value is -0.880. The van der Waals surface area contributed by atoms with Gasteiger partial charge >= 0.3 is 0 Å². The number of hydrogen-bond donors (Lipinski definition) is 1. The molecule has 0 spiro atoms. The summed E-state index contributed by atoms with van der Waals surface area (Å²) in [5.74, 6) is 1.67. The third kappa shape index (κ3) is 2.38. The third-order valence-electron chi connectivity index (χ3n) is 2.50. The van der Waals surface area contributed by atoms with Crippen LogP contribution in [0.1, 0.15) is 24.0 Å². The molecule has 1 aliphatic rings. The quantitative estimate of drug-likeness (QED) is 0.808. The van der Waals surface area contributed by atoms with Crippen molar-refractivity contribution in [2.45, 2.75) is 18.9 Å². The largest absolute Gasteiger partial charge is 0.444 e. The van der Waals surface area contributed by atoms with Crippen LogP contribution in [-0.2, 0) is 16.4 Å². The number of sulfone groups is 1. The van der Waals surface area contributed by atoms with Gasteiger partial charge in [0.15, 0.2) is 15.7 Å². The van der Waals surface area contributed by atoms with Gasteiger partial charge in [0.2, 0.25) is 0 Å². The molecule has 0 aliphatic carbocycles. The van der Waals surface area contributed by atoms with Crippen molar-refractivity contribution in [1.29, 1.82) is 0 Å². The molecule has 1 aromatic heterocycles. The molecule has 1 unspecified atom stereocenters. The maximum Gasteiger partial charge on any atom is 0.198 e. The van der Waals surface area contributed by atoms with Crippen molar-refractivity contribution in [3.63, 3.8) is 0 Å². The molecule has 1 atom stereocenters. The first-order chi connectivity index (χ1) is 7.11. The van der Waals surface area contributed by atoms with Gasteiger partial charge < -0.3 is 9.73 Å². The summed E-state index contributed by atoms with van der Waals surface area (Å²) >= 11 is 0. The molecule has 0 aromatic carbocycles. The second-order valence-electron chi connectivity index (χ2n) is 3.80. The minimum absolute atomic E-state index is 0.0550. The first-order valence-electron chi connectivity index (χ1n) is 4.90. The molecule has 5 nitrogen and oxygen atoms in total. The molecule has 2 heterocycles. The van der Waals surface area contributed by atoms with Crippen molar-refractivity contribution < 1.29 is 12.8 Å². The molecule has 2 rings (SSSR count). The molecule has 1 aliphatic heterocycles. The SMILES string of the molecule is CNCc1cnc(C2CCS(=O)(=O)C2)o1. The fraction of sp³-hybridized carbons (Fsp3) is 0.667. The predicted octanol–water partition coefficient (Wildman–Crippen LogP) is 0.296. The summed E-state index contributed by atoms with van der Waals surface area (Å²) in [7, 11) is -1.04. The van der Waals surface area contributed by atoms with Gasteiger partial charge in [-0.3, -0.25) is 0 Å². The highest BCUT2D eigenvalue weighted by Gasteiger charge is 2.32. The molecule has 0 saturated carbocycles. The van der Waals surface area contributed by atoms with Crippen LogP contribution in [0, 0.1) is 0 Å². The summed E-state index contributed by atoms with van der Waals surface area (Å²) in [6, 6.07) is 0. The van der Waals surface area contributed by atoms with Gasteiger partial charge in [-0.05, 0) is 13.5 Å². The van der Waals surface area contributed by atoms with Gasteiger partial charge in [0.1, 0.15) is 5.76 Å². The van der Waals surface area contributed by atoms with E-state index in [9.17, 15) is 8.42 Å². The maximum atomic E-state index is 11.3. The zero-order valence-electron chi connectivity index (χ0n) is 8.56.